The van der Waals surface area contributed by atoms with Crippen molar-refractivity contribution in [3.8, 4) is 5.75 Å². The van der Waals surface area contributed by atoms with Gasteiger partial charge < -0.3 is 9.84 Å². The molecule has 1 atom stereocenters. The van der Waals surface area contributed by atoms with E-state index in [1.165, 1.54) is 0 Å². The lowest BCUT2D eigenvalue weighted by Gasteiger charge is -2.04. The summed E-state index contributed by atoms with van der Waals surface area (Å²) in [4.78, 5) is 0.838. The fourth-order valence-electron chi connectivity index (χ4n) is 1.19. The maximum Gasteiger partial charge on any atom is 0.119 e. The molecule has 1 fully saturated rings. The topological polar surface area (TPSA) is 32.8 Å². The van der Waals surface area contributed by atoms with Gasteiger partial charge in [-0.05, 0) is 12.1 Å². The highest BCUT2D eigenvalue weighted by molar-refractivity contribution is 7.80. The first-order valence-electron chi connectivity index (χ1n) is 3.89. The molecule has 1 aliphatic heterocycles. The Bertz CT molecular complexity index is 274. The quantitative estimate of drug-likeness (QED) is 0.538. The first-order valence-corrected chi connectivity index (χ1v) is 4.33. The van der Waals surface area contributed by atoms with Gasteiger partial charge in [0.2, 0.25) is 0 Å². The Morgan fingerprint density at radius 1 is 1.58 bits per heavy atom. The molecule has 1 aliphatic rings. The molecular weight excluding hydrogens is 172 g/mol. The lowest BCUT2D eigenvalue weighted by molar-refractivity contribution is 0.400. The van der Waals surface area contributed by atoms with Crippen molar-refractivity contribution in [1.29, 1.82) is 0 Å². The molecule has 1 unspecified atom stereocenters. The first-order chi connectivity index (χ1) is 5.77. The Balaban J connectivity index is 2.26. The van der Waals surface area contributed by atoms with Crippen molar-refractivity contribution in [2.75, 3.05) is 6.61 Å². The van der Waals surface area contributed by atoms with E-state index in [0.29, 0.717) is 11.9 Å². The lowest BCUT2D eigenvalue weighted by Crippen LogP contribution is -1.94. The highest BCUT2D eigenvalue weighted by atomic mass is 32.1. The van der Waals surface area contributed by atoms with E-state index in [1.54, 1.807) is 12.1 Å². The van der Waals surface area contributed by atoms with Gasteiger partial charge in [0.1, 0.15) is 5.75 Å². The molecule has 0 aliphatic carbocycles. The van der Waals surface area contributed by atoms with Crippen LogP contribution in [0.1, 0.15) is 5.56 Å². The first kappa shape index (κ1) is 7.95. The maximum absolute atomic E-state index is 9.46. The largest absolute Gasteiger partial charge is 0.508 e. The van der Waals surface area contributed by atoms with Crippen LogP contribution in [-0.4, -0.2) is 17.8 Å². The van der Waals surface area contributed by atoms with Crippen LogP contribution in [0.15, 0.2) is 23.1 Å². The predicted octanol–water partition coefficient (Wildman–Crippen LogP) is 1.62. The Morgan fingerprint density at radius 2 is 2.33 bits per heavy atom. The molecule has 1 aromatic rings. The van der Waals surface area contributed by atoms with Gasteiger partial charge in [0.05, 0.1) is 12.7 Å². The number of benzene rings is 1. The molecule has 3 heteroatoms. The highest BCUT2D eigenvalue weighted by Gasteiger charge is 2.24. The zero-order chi connectivity index (χ0) is 8.55. The minimum absolute atomic E-state index is 0.296. The number of ether oxygens (including phenoxy) is 1. The van der Waals surface area contributed by atoms with Crippen molar-refractivity contribution in [3.63, 3.8) is 0 Å². The molecular formula is C9H10O2S. The van der Waals surface area contributed by atoms with E-state index >= 15 is 0 Å². The molecule has 12 heavy (non-hydrogen) atoms. The third-order valence-corrected chi connectivity index (χ3v) is 2.38. The van der Waals surface area contributed by atoms with E-state index in [9.17, 15) is 5.11 Å². The standard InChI is InChI=1S/C9H10O2S/c10-8-2-1-3-9(12)7(8)4-6-5-11-6/h1-3,6,10,12H,4-5H2. The Hall–Kier alpha value is -0.670. The van der Waals surface area contributed by atoms with Gasteiger partial charge in [-0.3, -0.25) is 0 Å². The van der Waals surface area contributed by atoms with Crippen molar-refractivity contribution in [1.82, 2.24) is 0 Å². The minimum Gasteiger partial charge on any atom is -0.508 e. The molecule has 0 radical (unpaired) electrons. The second-order valence-electron chi connectivity index (χ2n) is 2.93. The molecule has 1 heterocycles. The number of hydrogen-bond acceptors (Lipinski definition) is 3. The van der Waals surface area contributed by atoms with Crippen molar-refractivity contribution < 1.29 is 9.84 Å². The summed E-state index contributed by atoms with van der Waals surface area (Å²) >= 11 is 4.25. The number of epoxide rings is 1. The van der Waals surface area contributed by atoms with Crippen molar-refractivity contribution in [2.24, 2.45) is 0 Å². The maximum atomic E-state index is 9.46. The van der Waals surface area contributed by atoms with Crippen LogP contribution in [0.25, 0.3) is 0 Å². The molecule has 0 spiro atoms. The SMILES string of the molecule is Oc1cccc(S)c1CC1CO1. The number of phenolic OH excluding ortho intramolecular Hbond substituents is 1. The third-order valence-electron chi connectivity index (χ3n) is 1.96. The Kier molecular flexibility index (Phi) is 1.98. The summed E-state index contributed by atoms with van der Waals surface area (Å²) in [6.45, 7) is 0.807. The van der Waals surface area contributed by atoms with Gasteiger partial charge in [0.25, 0.3) is 0 Å². The van der Waals surface area contributed by atoms with Crippen LogP contribution in [0, 0.1) is 0 Å². The minimum atomic E-state index is 0.296. The Morgan fingerprint density at radius 3 is 2.92 bits per heavy atom. The average Bonchev–Trinajstić information content (AvgIpc) is 2.80. The summed E-state index contributed by atoms with van der Waals surface area (Å²) in [7, 11) is 0. The average molecular weight is 182 g/mol. The van der Waals surface area contributed by atoms with E-state index in [0.717, 1.165) is 23.5 Å². The third kappa shape index (κ3) is 1.57. The van der Waals surface area contributed by atoms with E-state index in [1.807, 2.05) is 6.07 Å². The van der Waals surface area contributed by atoms with Crippen molar-refractivity contribution in [3.05, 3.63) is 23.8 Å². The van der Waals surface area contributed by atoms with Crippen LogP contribution in [0.2, 0.25) is 0 Å². The molecule has 0 saturated carbocycles. The van der Waals surface area contributed by atoms with Crippen molar-refractivity contribution >= 4 is 12.6 Å². The number of thiol groups is 1. The van der Waals surface area contributed by atoms with Crippen LogP contribution in [0.5, 0.6) is 5.75 Å². The van der Waals surface area contributed by atoms with Crippen LogP contribution < -0.4 is 0 Å². The van der Waals surface area contributed by atoms with Gasteiger partial charge in [0.15, 0.2) is 0 Å². The zero-order valence-corrected chi connectivity index (χ0v) is 7.42. The van der Waals surface area contributed by atoms with Crippen LogP contribution in [-0.2, 0) is 11.2 Å². The van der Waals surface area contributed by atoms with Gasteiger partial charge in [-0.1, -0.05) is 6.07 Å². The molecule has 2 nitrogen and oxygen atoms in total. The molecule has 1 aromatic carbocycles. The molecule has 2 rings (SSSR count). The molecule has 64 valence electrons. The van der Waals surface area contributed by atoms with E-state index in [2.05, 4.69) is 12.6 Å². The van der Waals surface area contributed by atoms with Crippen LogP contribution in [0.3, 0.4) is 0 Å². The number of hydrogen-bond donors (Lipinski definition) is 2. The van der Waals surface area contributed by atoms with E-state index < -0.39 is 0 Å². The van der Waals surface area contributed by atoms with Crippen LogP contribution >= 0.6 is 12.6 Å². The molecule has 0 bridgehead atoms. The number of phenols is 1. The smallest absolute Gasteiger partial charge is 0.119 e. The van der Waals surface area contributed by atoms with Crippen LogP contribution in [0.4, 0.5) is 0 Å². The molecule has 0 amide bonds. The molecule has 0 aromatic heterocycles. The second-order valence-corrected chi connectivity index (χ2v) is 3.42. The highest BCUT2D eigenvalue weighted by Crippen LogP contribution is 2.28. The van der Waals surface area contributed by atoms with Gasteiger partial charge in [0, 0.05) is 16.9 Å². The number of aromatic hydroxyl groups is 1. The van der Waals surface area contributed by atoms with E-state index in [-0.39, 0.29) is 0 Å². The normalized spacial score (nSPS) is 20.9. The van der Waals surface area contributed by atoms with Crippen molar-refractivity contribution in [2.45, 2.75) is 17.4 Å². The summed E-state index contributed by atoms with van der Waals surface area (Å²) in [5.74, 6) is 0.318. The predicted molar refractivity (Wildman–Crippen MR) is 48.8 cm³/mol. The molecule has 1 saturated heterocycles. The lowest BCUT2D eigenvalue weighted by atomic mass is 10.1. The number of rotatable bonds is 2. The van der Waals surface area contributed by atoms with Gasteiger partial charge in [-0.2, -0.15) is 0 Å². The second kappa shape index (κ2) is 2.99. The summed E-state index contributed by atoms with van der Waals surface area (Å²) in [5, 5.41) is 9.46. The van der Waals surface area contributed by atoms with E-state index in [4.69, 9.17) is 4.74 Å². The fraction of sp³-hybridized carbons (Fsp3) is 0.333. The summed E-state index contributed by atoms with van der Waals surface area (Å²) in [6, 6.07) is 5.34. The zero-order valence-electron chi connectivity index (χ0n) is 6.53. The summed E-state index contributed by atoms with van der Waals surface area (Å²) < 4.78 is 5.08. The summed E-state index contributed by atoms with van der Waals surface area (Å²) in [6.07, 6.45) is 1.06. The molecule has 1 N–H and O–H groups in total. The van der Waals surface area contributed by atoms with Gasteiger partial charge in [-0.15, -0.1) is 12.6 Å². The monoisotopic (exact) mass is 182 g/mol. The Labute approximate surface area is 76.6 Å². The van der Waals surface area contributed by atoms with Gasteiger partial charge in [-0.25, -0.2) is 0 Å². The van der Waals surface area contributed by atoms with Gasteiger partial charge >= 0.3 is 0 Å². The summed E-state index contributed by atoms with van der Waals surface area (Å²) in [5.41, 5.74) is 0.892. The fourth-order valence-corrected chi connectivity index (χ4v) is 1.48.